The molecule has 1 saturated heterocycles. The van der Waals surface area contributed by atoms with Crippen LogP contribution in [0.3, 0.4) is 0 Å². The van der Waals surface area contributed by atoms with Crippen molar-refractivity contribution in [3.05, 3.63) is 94.8 Å². The molecule has 4 N–H and O–H groups in total. The minimum Gasteiger partial charge on any atom is -0.508 e. The van der Waals surface area contributed by atoms with Gasteiger partial charge in [-0.3, -0.25) is 19.3 Å². The number of rotatable bonds is 7. The van der Waals surface area contributed by atoms with Gasteiger partial charge < -0.3 is 15.9 Å². The number of primary amides is 1. The molecule has 3 aromatic carbocycles. The maximum atomic E-state index is 14.7. The van der Waals surface area contributed by atoms with E-state index in [0.717, 1.165) is 0 Å². The quantitative estimate of drug-likeness (QED) is 0.437. The first-order chi connectivity index (χ1) is 17.2. The van der Waals surface area contributed by atoms with E-state index in [2.05, 4.69) is 0 Å². The molecule has 36 heavy (non-hydrogen) atoms. The molecular formula is C28H27FN2O5. The van der Waals surface area contributed by atoms with Gasteiger partial charge in [0.25, 0.3) is 0 Å². The summed E-state index contributed by atoms with van der Waals surface area (Å²) in [4.78, 5) is 41.1. The first-order valence-electron chi connectivity index (χ1n) is 11.6. The Balaban J connectivity index is 1.88. The number of carbonyl (C=O) groups is 3. The summed E-state index contributed by atoms with van der Waals surface area (Å²) in [5.41, 5.74) is 6.78. The van der Waals surface area contributed by atoms with Crippen LogP contribution >= 0.6 is 0 Å². The Labute approximate surface area is 208 Å². The van der Waals surface area contributed by atoms with E-state index < -0.39 is 29.5 Å². The maximum absolute atomic E-state index is 14.7. The number of nitrogens with two attached hydrogens (primary N) is 1. The van der Waals surface area contributed by atoms with Gasteiger partial charge in [0, 0.05) is 42.0 Å². The molecule has 7 nitrogen and oxygen atoms in total. The third-order valence-corrected chi connectivity index (χ3v) is 6.76. The molecule has 0 radical (unpaired) electrons. The topological polar surface area (TPSA) is 121 Å². The molecule has 0 aliphatic carbocycles. The number of piperidine rings is 1. The predicted octanol–water partition coefficient (Wildman–Crippen LogP) is 3.43. The van der Waals surface area contributed by atoms with Crippen molar-refractivity contribution < 1.29 is 29.0 Å². The van der Waals surface area contributed by atoms with Crippen LogP contribution in [0.1, 0.15) is 37.8 Å². The standard InChI is InChI=1S/C28H27FN2O5/c1-16-21(9-4-10-24(16)29)26-22(27(35)17-5-2-7-19(32)11-17)13-31(15-25(30)34)14-23(26)28(36)18-6-3-8-20(33)12-18/h2-12,22-23,26,32-33H,13-15H2,1H3,(H2,30,34). The van der Waals surface area contributed by atoms with E-state index in [0.29, 0.717) is 11.1 Å². The Hall–Kier alpha value is -4.04. The van der Waals surface area contributed by atoms with Crippen molar-refractivity contribution >= 4 is 17.5 Å². The van der Waals surface area contributed by atoms with Gasteiger partial charge in [-0.2, -0.15) is 0 Å². The SMILES string of the molecule is Cc1c(F)cccc1C1C(C(=O)c2cccc(O)c2)CN(CC(N)=O)CC1C(=O)c1cccc(O)c1. The first kappa shape index (κ1) is 25.1. The lowest BCUT2D eigenvalue weighted by Crippen LogP contribution is -2.52. The molecule has 1 fully saturated rings. The van der Waals surface area contributed by atoms with Crippen LogP contribution in [0.5, 0.6) is 11.5 Å². The highest BCUT2D eigenvalue weighted by Gasteiger charge is 2.45. The lowest BCUT2D eigenvalue weighted by atomic mass is 9.67. The highest BCUT2D eigenvalue weighted by molar-refractivity contribution is 6.02. The van der Waals surface area contributed by atoms with E-state index in [4.69, 9.17) is 5.73 Å². The maximum Gasteiger partial charge on any atom is 0.231 e. The van der Waals surface area contributed by atoms with Crippen LogP contribution < -0.4 is 5.73 Å². The highest BCUT2D eigenvalue weighted by Crippen LogP contribution is 2.42. The average Bonchev–Trinajstić information content (AvgIpc) is 2.84. The van der Waals surface area contributed by atoms with Gasteiger partial charge in [0.2, 0.25) is 5.91 Å². The van der Waals surface area contributed by atoms with Gasteiger partial charge in [0.15, 0.2) is 11.6 Å². The third kappa shape index (κ3) is 5.13. The summed E-state index contributed by atoms with van der Waals surface area (Å²) in [5, 5.41) is 19.9. The fraction of sp³-hybridized carbons (Fsp3) is 0.250. The summed E-state index contributed by atoms with van der Waals surface area (Å²) >= 11 is 0. The second-order valence-corrected chi connectivity index (χ2v) is 9.18. The fourth-order valence-electron chi connectivity index (χ4n) is 5.15. The number of phenolic OH excluding ortho intramolecular Hbond substituents is 2. The van der Waals surface area contributed by atoms with Gasteiger partial charge in [-0.05, 0) is 48.4 Å². The molecule has 2 atom stereocenters. The zero-order valence-electron chi connectivity index (χ0n) is 19.7. The van der Waals surface area contributed by atoms with Crippen molar-refractivity contribution in [3.8, 4) is 11.5 Å². The Morgan fingerprint density at radius 2 is 1.39 bits per heavy atom. The molecular weight excluding hydrogens is 463 g/mol. The molecule has 0 spiro atoms. The number of carbonyl (C=O) groups excluding carboxylic acids is 3. The van der Waals surface area contributed by atoms with Crippen molar-refractivity contribution in [2.24, 2.45) is 17.6 Å². The molecule has 4 rings (SSSR count). The minimum absolute atomic E-state index is 0.0866. The molecule has 0 aromatic heterocycles. The van der Waals surface area contributed by atoms with Crippen LogP contribution in [-0.4, -0.2) is 52.2 Å². The number of ketones is 2. The Bertz CT molecular complexity index is 1260. The van der Waals surface area contributed by atoms with Gasteiger partial charge in [-0.25, -0.2) is 4.39 Å². The number of phenols is 2. The highest BCUT2D eigenvalue weighted by atomic mass is 19.1. The summed E-state index contributed by atoms with van der Waals surface area (Å²) in [6, 6.07) is 16.4. The van der Waals surface area contributed by atoms with E-state index in [1.165, 1.54) is 30.3 Å². The molecule has 1 amide bonds. The average molecular weight is 491 g/mol. The number of likely N-dealkylation sites (tertiary alicyclic amines) is 1. The van der Waals surface area contributed by atoms with Crippen molar-refractivity contribution in [1.82, 2.24) is 4.90 Å². The van der Waals surface area contributed by atoms with E-state index >= 15 is 0 Å². The largest absolute Gasteiger partial charge is 0.508 e. The number of halogens is 1. The van der Waals surface area contributed by atoms with Crippen LogP contribution in [-0.2, 0) is 4.79 Å². The van der Waals surface area contributed by atoms with E-state index in [9.17, 15) is 29.0 Å². The van der Waals surface area contributed by atoms with Gasteiger partial charge >= 0.3 is 0 Å². The molecule has 8 heteroatoms. The monoisotopic (exact) mass is 490 g/mol. The van der Waals surface area contributed by atoms with E-state index in [1.807, 2.05) is 0 Å². The van der Waals surface area contributed by atoms with Crippen molar-refractivity contribution in [2.45, 2.75) is 12.8 Å². The van der Waals surface area contributed by atoms with Crippen molar-refractivity contribution in [3.63, 3.8) is 0 Å². The summed E-state index contributed by atoms with van der Waals surface area (Å²) in [6.07, 6.45) is 0. The smallest absolute Gasteiger partial charge is 0.231 e. The van der Waals surface area contributed by atoms with Crippen LogP contribution in [0.15, 0.2) is 66.7 Å². The molecule has 1 aliphatic heterocycles. The van der Waals surface area contributed by atoms with Gasteiger partial charge in [-0.15, -0.1) is 0 Å². The Morgan fingerprint density at radius 3 is 1.86 bits per heavy atom. The number of Topliss-reactive ketones (excluding diaryl/α,β-unsaturated/α-hetero) is 2. The molecule has 2 unspecified atom stereocenters. The second-order valence-electron chi connectivity index (χ2n) is 9.18. The van der Waals surface area contributed by atoms with Gasteiger partial charge in [0.1, 0.15) is 17.3 Å². The summed E-state index contributed by atoms with van der Waals surface area (Å²) in [7, 11) is 0. The zero-order valence-corrected chi connectivity index (χ0v) is 19.7. The van der Waals surface area contributed by atoms with Gasteiger partial charge in [-0.1, -0.05) is 36.4 Å². The first-order valence-corrected chi connectivity index (χ1v) is 11.6. The summed E-state index contributed by atoms with van der Waals surface area (Å²) in [6.45, 7) is 1.67. The number of amides is 1. The molecule has 0 saturated carbocycles. The Morgan fingerprint density at radius 1 is 0.889 bits per heavy atom. The molecule has 186 valence electrons. The van der Waals surface area contributed by atoms with E-state index in [-0.39, 0.29) is 53.8 Å². The van der Waals surface area contributed by atoms with Crippen LogP contribution in [0.25, 0.3) is 0 Å². The van der Waals surface area contributed by atoms with E-state index in [1.54, 1.807) is 48.2 Å². The third-order valence-electron chi connectivity index (χ3n) is 6.76. The summed E-state index contributed by atoms with van der Waals surface area (Å²) in [5.74, 6) is -4.34. The molecule has 1 aliphatic rings. The molecule has 1 heterocycles. The predicted molar refractivity (Wildman–Crippen MR) is 131 cm³/mol. The molecule has 3 aromatic rings. The van der Waals surface area contributed by atoms with Crippen LogP contribution in [0, 0.1) is 24.6 Å². The number of hydrogen-bond donors (Lipinski definition) is 3. The number of aromatic hydroxyl groups is 2. The fourth-order valence-corrected chi connectivity index (χ4v) is 5.15. The van der Waals surface area contributed by atoms with Crippen LogP contribution in [0.4, 0.5) is 4.39 Å². The lowest BCUT2D eigenvalue weighted by Gasteiger charge is -2.43. The van der Waals surface area contributed by atoms with Crippen LogP contribution in [0.2, 0.25) is 0 Å². The lowest BCUT2D eigenvalue weighted by molar-refractivity contribution is -0.119. The second kappa shape index (κ2) is 10.3. The number of hydrogen-bond acceptors (Lipinski definition) is 6. The zero-order chi connectivity index (χ0) is 26.0. The number of benzene rings is 3. The minimum atomic E-state index is -0.841. The van der Waals surface area contributed by atoms with Crippen molar-refractivity contribution in [1.29, 1.82) is 0 Å². The van der Waals surface area contributed by atoms with Gasteiger partial charge in [0.05, 0.1) is 6.54 Å². The summed E-state index contributed by atoms with van der Waals surface area (Å²) < 4.78 is 14.7. The Kier molecular flexibility index (Phi) is 7.17. The normalized spacial score (nSPS) is 20.1. The molecule has 0 bridgehead atoms. The van der Waals surface area contributed by atoms with Crippen molar-refractivity contribution in [2.75, 3.05) is 19.6 Å². The number of nitrogens with zero attached hydrogens (tertiary/aromatic N) is 1.